The second-order valence-electron chi connectivity index (χ2n) is 4.05. The predicted octanol–water partition coefficient (Wildman–Crippen LogP) is 1.75. The van der Waals surface area contributed by atoms with Gasteiger partial charge in [0.15, 0.2) is 0 Å². The fourth-order valence-electron chi connectivity index (χ4n) is 1.23. The maximum Gasteiger partial charge on any atom is 0.323 e. The summed E-state index contributed by atoms with van der Waals surface area (Å²) in [6.45, 7) is 2.38. The van der Waals surface area contributed by atoms with Crippen LogP contribution < -0.4 is 5.73 Å². The number of unbranched alkanes of at least 4 members (excludes halogenated alkanes) is 1. The van der Waals surface area contributed by atoms with Crippen molar-refractivity contribution in [2.45, 2.75) is 30.8 Å². The number of rotatable bonds is 8. The van der Waals surface area contributed by atoms with Crippen LogP contribution in [0.2, 0.25) is 0 Å². The van der Waals surface area contributed by atoms with Crippen molar-refractivity contribution in [2.75, 3.05) is 12.4 Å². The molecule has 2 N–H and O–H groups in total. The van der Waals surface area contributed by atoms with Crippen LogP contribution in [0.15, 0.2) is 23.4 Å². The van der Waals surface area contributed by atoms with E-state index in [1.807, 2.05) is 6.92 Å². The predicted molar refractivity (Wildman–Crippen MR) is 75.5 cm³/mol. The van der Waals surface area contributed by atoms with Gasteiger partial charge in [-0.3, -0.25) is 14.9 Å². The van der Waals surface area contributed by atoms with Crippen molar-refractivity contribution in [3.8, 4) is 0 Å². The van der Waals surface area contributed by atoms with E-state index in [9.17, 15) is 14.9 Å². The highest BCUT2D eigenvalue weighted by Crippen LogP contribution is 2.18. The molecule has 0 aromatic carbocycles. The van der Waals surface area contributed by atoms with Crippen LogP contribution in [0.1, 0.15) is 19.8 Å². The zero-order valence-corrected chi connectivity index (χ0v) is 12.0. The van der Waals surface area contributed by atoms with Gasteiger partial charge in [-0.2, -0.15) is 0 Å². The van der Waals surface area contributed by atoms with E-state index in [1.54, 1.807) is 0 Å². The standard InChI is InChI=1S/C12H17N3O4S/c1-2-3-6-19-12(16)10(13)8-20-11-5-4-9(7-14-11)15(17)18/h4-5,7,10H,2-3,6,8,13H2,1H3. The summed E-state index contributed by atoms with van der Waals surface area (Å²) in [5.41, 5.74) is 5.62. The van der Waals surface area contributed by atoms with Crippen LogP contribution in [0.3, 0.4) is 0 Å². The summed E-state index contributed by atoms with van der Waals surface area (Å²) in [5, 5.41) is 11.0. The number of nitro groups is 1. The molecule has 20 heavy (non-hydrogen) atoms. The summed E-state index contributed by atoms with van der Waals surface area (Å²) >= 11 is 1.26. The second-order valence-corrected chi connectivity index (χ2v) is 5.09. The van der Waals surface area contributed by atoms with E-state index < -0.39 is 16.9 Å². The molecule has 7 nitrogen and oxygen atoms in total. The van der Waals surface area contributed by atoms with Crippen molar-refractivity contribution in [2.24, 2.45) is 5.73 Å². The molecule has 1 atom stereocenters. The number of carbonyl (C=O) groups is 1. The third-order valence-corrected chi connectivity index (χ3v) is 3.45. The van der Waals surface area contributed by atoms with Gasteiger partial charge in [0, 0.05) is 11.8 Å². The van der Waals surface area contributed by atoms with Crippen LogP contribution in [0.25, 0.3) is 0 Å². The van der Waals surface area contributed by atoms with Crippen molar-refractivity contribution in [3.05, 3.63) is 28.4 Å². The molecule has 0 spiro atoms. The molecule has 1 aromatic rings. The monoisotopic (exact) mass is 299 g/mol. The fourth-order valence-corrected chi connectivity index (χ4v) is 2.01. The fraction of sp³-hybridized carbons (Fsp3) is 0.500. The number of hydrogen-bond acceptors (Lipinski definition) is 7. The molecular formula is C12H17N3O4S. The highest BCUT2D eigenvalue weighted by Gasteiger charge is 2.15. The van der Waals surface area contributed by atoms with Crippen LogP contribution in [-0.2, 0) is 9.53 Å². The number of aromatic nitrogens is 1. The molecule has 0 saturated carbocycles. The first-order valence-corrected chi connectivity index (χ1v) is 7.18. The number of nitrogens with two attached hydrogens (primary N) is 1. The first-order valence-electron chi connectivity index (χ1n) is 6.20. The largest absolute Gasteiger partial charge is 0.465 e. The van der Waals surface area contributed by atoms with Crippen LogP contribution >= 0.6 is 11.8 Å². The van der Waals surface area contributed by atoms with Crippen LogP contribution in [-0.4, -0.2) is 34.3 Å². The molecule has 8 heteroatoms. The Bertz CT molecular complexity index is 453. The molecular weight excluding hydrogens is 282 g/mol. The minimum Gasteiger partial charge on any atom is -0.465 e. The van der Waals surface area contributed by atoms with Crippen LogP contribution in [0.5, 0.6) is 0 Å². The molecule has 0 saturated heterocycles. The van der Waals surface area contributed by atoms with E-state index in [-0.39, 0.29) is 5.69 Å². The first-order chi connectivity index (χ1) is 9.54. The average Bonchev–Trinajstić information content (AvgIpc) is 2.45. The zero-order chi connectivity index (χ0) is 15.0. The lowest BCUT2D eigenvalue weighted by molar-refractivity contribution is -0.385. The van der Waals surface area contributed by atoms with Gasteiger partial charge in [-0.1, -0.05) is 13.3 Å². The third-order valence-electron chi connectivity index (χ3n) is 2.39. The van der Waals surface area contributed by atoms with E-state index in [4.69, 9.17) is 10.5 Å². The van der Waals surface area contributed by atoms with Crippen LogP contribution in [0.4, 0.5) is 5.69 Å². The van der Waals surface area contributed by atoms with Gasteiger partial charge in [0.2, 0.25) is 0 Å². The highest BCUT2D eigenvalue weighted by atomic mass is 32.2. The van der Waals surface area contributed by atoms with E-state index in [2.05, 4.69) is 4.98 Å². The van der Waals surface area contributed by atoms with Gasteiger partial charge in [-0.05, 0) is 12.5 Å². The molecule has 0 aliphatic rings. The zero-order valence-electron chi connectivity index (χ0n) is 11.2. The number of esters is 1. The Balaban J connectivity index is 2.38. The number of pyridine rings is 1. The lowest BCUT2D eigenvalue weighted by Gasteiger charge is -2.10. The highest BCUT2D eigenvalue weighted by molar-refractivity contribution is 7.99. The Morgan fingerprint density at radius 3 is 2.90 bits per heavy atom. The summed E-state index contributed by atoms with van der Waals surface area (Å²) in [6, 6.07) is 2.16. The molecule has 1 unspecified atom stereocenters. The Hall–Kier alpha value is -1.67. The summed E-state index contributed by atoms with van der Waals surface area (Å²) in [4.78, 5) is 25.4. The Morgan fingerprint density at radius 1 is 1.60 bits per heavy atom. The van der Waals surface area contributed by atoms with E-state index in [0.717, 1.165) is 12.8 Å². The molecule has 0 aliphatic carbocycles. The molecule has 0 aliphatic heterocycles. The van der Waals surface area contributed by atoms with E-state index in [1.165, 1.54) is 30.1 Å². The SMILES string of the molecule is CCCCOC(=O)C(N)CSc1ccc([N+](=O)[O-])cn1. The Morgan fingerprint density at radius 2 is 2.35 bits per heavy atom. The van der Waals surface area contributed by atoms with Crippen molar-refractivity contribution in [3.63, 3.8) is 0 Å². The minimum atomic E-state index is -0.728. The quantitative estimate of drug-likeness (QED) is 0.256. The Labute approximate surface area is 121 Å². The molecule has 0 bridgehead atoms. The first kappa shape index (κ1) is 16.4. The smallest absolute Gasteiger partial charge is 0.323 e. The maximum absolute atomic E-state index is 11.5. The number of nitrogens with zero attached hydrogens (tertiary/aromatic N) is 2. The van der Waals surface area contributed by atoms with Crippen molar-refractivity contribution >= 4 is 23.4 Å². The Kier molecular flexibility index (Phi) is 6.96. The topological polar surface area (TPSA) is 108 Å². The lowest BCUT2D eigenvalue weighted by Crippen LogP contribution is -2.34. The lowest BCUT2D eigenvalue weighted by atomic mass is 10.3. The molecule has 1 rings (SSSR count). The molecule has 1 heterocycles. The van der Waals surface area contributed by atoms with Gasteiger partial charge in [0.25, 0.3) is 5.69 Å². The number of ether oxygens (including phenoxy) is 1. The molecule has 0 amide bonds. The van der Waals surface area contributed by atoms with Crippen molar-refractivity contribution in [1.29, 1.82) is 0 Å². The van der Waals surface area contributed by atoms with Gasteiger partial charge in [0.05, 0.1) is 16.6 Å². The third kappa shape index (κ3) is 5.54. The van der Waals surface area contributed by atoms with Crippen LogP contribution in [0, 0.1) is 10.1 Å². The van der Waals surface area contributed by atoms with Gasteiger partial charge in [-0.15, -0.1) is 11.8 Å². The number of hydrogen-bond donors (Lipinski definition) is 1. The van der Waals surface area contributed by atoms with E-state index in [0.29, 0.717) is 17.4 Å². The number of carbonyl (C=O) groups excluding carboxylic acids is 1. The molecule has 0 fully saturated rings. The summed E-state index contributed by atoms with van der Waals surface area (Å²) in [7, 11) is 0. The molecule has 0 radical (unpaired) electrons. The average molecular weight is 299 g/mol. The van der Waals surface area contributed by atoms with Gasteiger partial charge in [-0.25, -0.2) is 4.98 Å². The molecule has 110 valence electrons. The molecule has 1 aromatic heterocycles. The van der Waals surface area contributed by atoms with Gasteiger partial charge < -0.3 is 10.5 Å². The van der Waals surface area contributed by atoms with Crippen molar-refractivity contribution in [1.82, 2.24) is 4.98 Å². The van der Waals surface area contributed by atoms with Gasteiger partial charge in [0.1, 0.15) is 12.2 Å². The van der Waals surface area contributed by atoms with Crippen molar-refractivity contribution < 1.29 is 14.5 Å². The summed E-state index contributed by atoms with van der Waals surface area (Å²) in [6.07, 6.45) is 2.94. The normalized spacial score (nSPS) is 11.9. The second kappa shape index (κ2) is 8.49. The van der Waals surface area contributed by atoms with Gasteiger partial charge >= 0.3 is 5.97 Å². The summed E-state index contributed by atoms with van der Waals surface area (Å²) in [5.74, 6) is -0.122. The summed E-state index contributed by atoms with van der Waals surface area (Å²) < 4.78 is 5.00. The van der Waals surface area contributed by atoms with E-state index >= 15 is 0 Å². The number of thioether (sulfide) groups is 1. The maximum atomic E-state index is 11.5. The minimum absolute atomic E-state index is 0.0716.